The van der Waals surface area contributed by atoms with Crippen LogP contribution in [0.15, 0.2) is 29.2 Å². The highest BCUT2D eigenvalue weighted by atomic mass is 32.2. The molecule has 1 saturated heterocycles. The largest absolute Gasteiger partial charge is 0.460 e. The van der Waals surface area contributed by atoms with Gasteiger partial charge in [0.15, 0.2) is 0 Å². The molecule has 2 rings (SSSR count). The molecule has 0 unspecified atom stereocenters. The van der Waals surface area contributed by atoms with E-state index in [2.05, 4.69) is 10.6 Å². The molecule has 0 aromatic heterocycles. The summed E-state index contributed by atoms with van der Waals surface area (Å²) >= 11 is 0. The van der Waals surface area contributed by atoms with Gasteiger partial charge in [0.1, 0.15) is 6.10 Å². The minimum Gasteiger partial charge on any atom is -0.460 e. The van der Waals surface area contributed by atoms with Gasteiger partial charge in [-0.05, 0) is 31.2 Å². The molecular formula is C15H15NO6S. The molecule has 2 atom stereocenters. The molecule has 1 aromatic rings. The number of sulfonamides is 1. The predicted molar refractivity (Wildman–Crippen MR) is 79.8 cm³/mol. The molecule has 122 valence electrons. The summed E-state index contributed by atoms with van der Waals surface area (Å²) < 4.78 is 35.9. The molecule has 8 heteroatoms. The number of benzene rings is 1. The number of terminal acetylenes is 1. The molecule has 0 radical (unpaired) electrons. The fraction of sp³-hybridized carbons (Fsp3) is 0.333. The topological polar surface area (TPSA) is 98.8 Å². The van der Waals surface area contributed by atoms with Crippen molar-refractivity contribution in [1.82, 2.24) is 4.72 Å². The number of hydrogen-bond acceptors (Lipinski definition) is 6. The van der Waals surface area contributed by atoms with Crippen LogP contribution in [0.2, 0.25) is 0 Å². The van der Waals surface area contributed by atoms with Gasteiger partial charge < -0.3 is 9.47 Å². The maximum absolute atomic E-state index is 12.0. The van der Waals surface area contributed by atoms with Crippen molar-refractivity contribution in [3.63, 3.8) is 0 Å². The number of esters is 2. The molecule has 23 heavy (non-hydrogen) atoms. The summed E-state index contributed by atoms with van der Waals surface area (Å²) in [7, 11) is -3.72. The molecule has 0 bridgehead atoms. The van der Waals surface area contributed by atoms with E-state index in [-0.39, 0.29) is 23.1 Å². The van der Waals surface area contributed by atoms with Crippen LogP contribution in [-0.2, 0) is 24.3 Å². The Kier molecular flexibility index (Phi) is 5.03. The van der Waals surface area contributed by atoms with Crippen LogP contribution >= 0.6 is 0 Å². The Balaban J connectivity index is 2.06. The monoisotopic (exact) mass is 337 g/mol. The molecule has 1 heterocycles. The van der Waals surface area contributed by atoms with Gasteiger partial charge in [0.05, 0.1) is 17.0 Å². The lowest BCUT2D eigenvalue weighted by Gasteiger charge is -2.09. The highest BCUT2D eigenvalue weighted by molar-refractivity contribution is 7.89. The SMILES string of the molecule is C#CCNS(=O)(=O)c1ccc(C(=O)O[C@H]2C[C@@H](C)OC2=O)cc1. The van der Waals surface area contributed by atoms with Crippen LogP contribution in [0, 0.1) is 12.3 Å². The molecule has 0 saturated carbocycles. The fourth-order valence-electron chi connectivity index (χ4n) is 2.00. The van der Waals surface area contributed by atoms with Gasteiger partial charge >= 0.3 is 11.9 Å². The standard InChI is InChI=1S/C15H15NO6S/c1-3-8-16-23(19,20)12-6-4-11(5-7-12)14(17)22-13-9-10(2)21-15(13)18/h1,4-7,10,13,16H,8-9H2,2H3/t10-,13+/m1/s1. The van der Waals surface area contributed by atoms with E-state index < -0.39 is 28.1 Å². The first-order chi connectivity index (χ1) is 10.8. The first-order valence-corrected chi connectivity index (χ1v) is 8.26. The maximum Gasteiger partial charge on any atom is 0.347 e. The minimum atomic E-state index is -3.72. The van der Waals surface area contributed by atoms with Gasteiger partial charge in [-0.25, -0.2) is 18.0 Å². The van der Waals surface area contributed by atoms with Crippen LogP contribution in [0.25, 0.3) is 0 Å². The number of cyclic esters (lactones) is 1. The number of carbonyl (C=O) groups excluding carboxylic acids is 2. The zero-order chi connectivity index (χ0) is 17.0. The summed E-state index contributed by atoms with van der Waals surface area (Å²) in [4.78, 5) is 23.4. The van der Waals surface area contributed by atoms with Crippen molar-refractivity contribution in [2.24, 2.45) is 0 Å². The van der Waals surface area contributed by atoms with Crippen molar-refractivity contribution in [3.05, 3.63) is 29.8 Å². The van der Waals surface area contributed by atoms with Crippen molar-refractivity contribution < 1.29 is 27.5 Å². The Morgan fingerprint density at radius 3 is 2.61 bits per heavy atom. The Hall–Kier alpha value is -2.37. The third kappa shape index (κ3) is 4.09. The van der Waals surface area contributed by atoms with E-state index in [1.165, 1.54) is 24.3 Å². The normalized spacial score (nSPS) is 20.6. The zero-order valence-electron chi connectivity index (χ0n) is 12.3. The summed E-state index contributed by atoms with van der Waals surface area (Å²) in [6, 6.07) is 5.11. The lowest BCUT2D eigenvalue weighted by atomic mass is 10.2. The molecule has 1 fully saturated rings. The van der Waals surface area contributed by atoms with Crippen LogP contribution in [0.1, 0.15) is 23.7 Å². The number of nitrogens with one attached hydrogen (secondary N) is 1. The molecule has 0 spiro atoms. The number of ether oxygens (including phenoxy) is 2. The van der Waals surface area contributed by atoms with E-state index >= 15 is 0 Å². The second-order valence-electron chi connectivity index (χ2n) is 4.93. The quantitative estimate of drug-likeness (QED) is 0.619. The van der Waals surface area contributed by atoms with Crippen molar-refractivity contribution in [1.29, 1.82) is 0 Å². The lowest BCUT2D eigenvalue weighted by Crippen LogP contribution is -2.24. The van der Waals surface area contributed by atoms with E-state index in [4.69, 9.17) is 15.9 Å². The van der Waals surface area contributed by atoms with Crippen molar-refractivity contribution in [2.45, 2.75) is 30.4 Å². The Bertz CT molecular complexity index is 747. The van der Waals surface area contributed by atoms with Crippen LogP contribution in [0.5, 0.6) is 0 Å². The van der Waals surface area contributed by atoms with E-state index in [0.29, 0.717) is 6.42 Å². The second kappa shape index (κ2) is 6.81. The Labute approximate surface area is 134 Å². The number of rotatable bonds is 5. The Morgan fingerprint density at radius 1 is 1.43 bits per heavy atom. The average molecular weight is 337 g/mol. The van der Waals surface area contributed by atoms with Crippen LogP contribution < -0.4 is 4.72 Å². The summed E-state index contributed by atoms with van der Waals surface area (Å²) in [6.07, 6.45) is 4.07. The van der Waals surface area contributed by atoms with Crippen LogP contribution in [-0.4, -0.2) is 39.1 Å². The third-order valence-electron chi connectivity index (χ3n) is 3.14. The number of hydrogen-bond donors (Lipinski definition) is 1. The smallest absolute Gasteiger partial charge is 0.347 e. The predicted octanol–water partition coefficient (Wildman–Crippen LogP) is 0.459. The fourth-order valence-corrected chi connectivity index (χ4v) is 2.94. The summed E-state index contributed by atoms with van der Waals surface area (Å²) in [5.41, 5.74) is 0.133. The van der Waals surface area contributed by atoms with Crippen LogP contribution in [0.4, 0.5) is 0 Å². The summed E-state index contributed by atoms with van der Waals surface area (Å²) in [6.45, 7) is 1.57. The summed E-state index contributed by atoms with van der Waals surface area (Å²) in [5.74, 6) is 0.862. The van der Waals surface area contributed by atoms with E-state index in [1.54, 1.807) is 6.92 Å². The van der Waals surface area contributed by atoms with Gasteiger partial charge in [0, 0.05) is 6.42 Å². The molecule has 1 aliphatic heterocycles. The van der Waals surface area contributed by atoms with Crippen molar-refractivity contribution in [2.75, 3.05) is 6.54 Å². The molecule has 1 N–H and O–H groups in total. The van der Waals surface area contributed by atoms with E-state index in [0.717, 1.165) is 0 Å². The highest BCUT2D eigenvalue weighted by Gasteiger charge is 2.35. The molecule has 0 aliphatic carbocycles. The molecule has 0 amide bonds. The first-order valence-electron chi connectivity index (χ1n) is 6.78. The van der Waals surface area contributed by atoms with Crippen LogP contribution in [0.3, 0.4) is 0 Å². The molecule has 7 nitrogen and oxygen atoms in total. The number of carbonyl (C=O) groups is 2. The van der Waals surface area contributed by atoms with E-state index in [9.17, 15) is 18.0 Å². The van der Waals surface area contributed by atoms with Gasteiger partial charge in [0.2, 0.25) is 16.1 Å². The van der Waals surface area contributed by atoms with Gasteiger partial charge in [-0.15, -0.1) is 6.42 Å². The van der Waals surface area contributed by atoms with Crippen molar-refractivity contribution >= 4 is 22.0 Å². The van der Waals surface area contributed by atoms with Gasteiger partial charge in [-0.2, -0.15) is 4.72 Å². The van der Waals surface area contributed by atoms with Gasteiger partial charge in [-0.3, -0.25) is 0 Å². The summed E-state index contributed by atoms with van der Waals surface area (Å²) in [5, 5.41) is 0. The lowest BCUT2D eigenvalue weighted by molar-refractivity contribution is -0.147. The van der Waals surface area contributed by atoms with Crippen molar-refractivity contribution in [3.8, 4) is 12.3 Å². The van der Waals surface area contributed by atoms with E-state index in [1.807, 2.05) is 0 Å². The average Bonchev–Trinajstić information content (AvgIpc) is 2.83. The highest BCUT2D eigenvalue weighted by Crippen LogP contribution is 2.19. The first kappa shape index (κ1) is 17.0. The molecule has 1 aliphatic rings. The molecule has 1 aromatic carbocycles. The third-order valence-corrected chi connectivity index (χ3v) is 4.56. The van der Waals surface area contributed by atoms with Gasteiger partial charge in [-0.1, -0.05) is 5.92 Å². The maximum atomic E-state index is 12.0. The zero-order valence-corrected chi connectivity index (χ0v) is 13.1. The second-order valence-corrected chi connectivity index (χ2v) is 6.70. The molecular weight excluding hydrogens is 322 g/mol. The minimum absolute atomic E-state index is 0.0294. The Morgan fingerprint density at radius 2 is 2.09 bits per heavy atom. The van der Waals surface area contributed by atoms with Gasteiger partial charge in [0.25, 0.3) is 0 Å².